The van der Waals surface area contributed by atoms with Gasteiger partial charge in [0.15, 0.2) is 0 Å². The Hall–Kier alpha value is -2.86. The van der Waals surface area contributed by atoms with Crippen molar-refractivity contribution in [3.8, 4) is 0 Å². The molecule has 0 spiro atoms. The molecular weight excluding hydrogens is 352 g/mol. The van der Waals surface area contributed by atoms with E-state index in [0.29, 0.717) is 29.3 Å². The van der Waals surface area contributed by atoms with E-state index >= 15 is 0 Å². The Morgan fingerprint density at radius 3 is 2.77 bits per heavy atom. The highest BCUT2D eigenvalue weighted by Gasteiger charge is 2.31. The number of benzene rings is 1. The Morgan fingerprint density at radius 2 is 2.04 bits per heavy atom. The van der Waals surface area contributed by atoms with Crippen molar-refractivity contribution in [2.45, 2.75) is 19.4 Å². The Balaban J connectivity index is 1.76. The first-order valence-electron chi connectivity index (χ1n) is 8.25. The van der Waals surface area contributed by atoms with E-state index in [1.807, 2.05) is 18.2 Å². The summed E-state index contributed by atoms with van der Waals surface area (Å²) in [4.78, 5) is 28.6. The molecule has 1 atom stereocenters. The highest BCUT2D eigenvalue weighted by molar-refractivity contribution is 6.30. The predicted octanol–water partition coefficient (Wildman–Crippen LogP) is 2.72. The second-order valence-electron chi connectivity index (χ2n) is 5.99. The molecule has 0 fully saturated rings. The summed E-state index contributed by atoms with van der Waals surface area (Å²) in [5.74, 6) is -0.228. The van der Waals surface area contributed by atoms with E-state index < -0.39 is 6.04 Å². The number of hydrogen-bond acceptors (Lipinski definition) is 3. The van der Waals surface area contributed by atoms with E-state index in [0.717, 1.165) is 11.1 Å². The number of nitrogens with one attached hydrogen (secondary N) is 3. The van der Waals surface area contributed by atoms with Crippen molar-refractivity contribution in [2.24, 2.45) is 0 Å². The van der Waals surface area contributed by atoms with Gasteiger partial charge in [-0.3, -0.25) is 9.78 Å². The minimum Gasteiger partial charge on any atom is -0.352 e. The van der Waals surface area contributed by atoms with Gasteiger partial charge < -0.3 is 16.0 Å². The van der Waals surface area contributed by atoms with Crippen LogP contribution in [0, 0.1) is 0 Å². The molecule has 1 aromatic heterocycles. The van der Waals surface area contributed by atoms with Crippen molar-refractivity contribution in [2.75, 3.05) is 6.54 Å². The molecule has 1 aromatic carbocycles. The highest BCUT2D eigenvalue weighted by Crippen LogP contribution is 2.28. The number of rotatable bonds is 5. The predicted molar refractivity (Wildman–Crippen MR) is 99.5 cm³/mol. The molecule has 1 aliphatic rings. The zero-order valence-electron chi connectivity index (χ0n) is 14.3. The van der Waals surface area contributed by atoms with Gasteiger partial charge in [0.1, 0.15) is 0 Å². The Labute approximate surface area is 156 Å². The molecule has 1 unspecified atom stereocenters. The SMILES string of the molecule is CC1=C(C(=O)NCCc2ccncc2)C(c2cccc(Cl)c2)NC(=O)N1. The average Bonchev–Trinajstić information content (AvgIpc) is 2.62. The van der Waals surface area contributed by atoms with Crippen molar-refractivity contribution < 1.29 is 9.59 Å². The molecule has 134 valence electrons. The van der Waals surface area contributed by atoms with Gasteiger partial charge in [-0.1, -0.05) is 23.7 Å². The maximum absolute atomic E-state index is 12.8. The highest BCUT2D eigenvalue weighted by atomic mass is 35.5. The van der Waals surface area contributed by atoms with E-state index in [9.17, 15) is 9.59 Å². The van der Waals surface area contributed by atoms with Crippen LogP contribution in [0.2, 0.25) is 5.02 Å². The van der Waals surface area contributed by atoms with Crippen LogP contribution in [-0.4, -0.2) is 23.5 Å². The normalized spacial score (nSPS) is 16.7. The zero-order chi connectivity index (χ0) is 18.5. The van der Waals surface area contributed by atoms with Crippen LogP contribution in [0.25, 0.3) is 0 Å². The zero-order valence-corrected chi connectivity index (χ0v) is 15.0. The summed E-state index contributed by atoms with van der Waals surface area (Å²) in [5, 5.41) is 8.92. The van der Waals surface area contributed by atoms with Crippen LogP contribution in [0.1, 0.15) is 24.1 Å². The number of carbonyl (C=O) groups excluding carboxylic acids is 2. The Kier molecular flexibility index (Phi) is 5.53. The fourth-order valence-electron chi connectivity index (χ4n) is 2.90. The maximum Gasteiger partial charge on any atom is 0.319 e. The van der Waals surface area contributed by atoms with Gasteiger partial charge in [0.05, 0.1) is 11.6 Å². The van der Waals surface area contributed by atoms with Crippen LogP contribution in [-0.2, 0) is 11.2 Å². The van der Waals surface area contributed by atoms with Gasteiger partial charge in [-0.05, 0) is 48.7 Å². The molecule has 6 nitrogen and oxygen atoms in total. The van der Waals surface area contributed by atoms with E-state index in [-0.39, 0.29) is 11.9 Å². The lowest BCUT2D eigenvalue weighted by atomic mass is 9.95. The van der Waals surface area contributed by atoms with Crippen molar-refractivity contribution in [1.29, 1.82) is 0 Å². The summed E-state index contributed by atoms with van der Waals surface area (Å²) in [6.07, 6.45) is 4.14. The molecule has 2 heterocycles. The van der Waals surface area contributed by atoms with Crippen LogP contribution < -0.4 is 16.0 Å². The lowest BCUT2D eigenvalue weighted by Crippen LogP contribution is -2.47. The number of halogens is 1. The van der Waals surface area contributed by atoms with Crippen molar-refractivity contribution in [3.63, 3.8) is 0 Å². The molecular formula is C19H19ClN4O2. The monoisotopic (exact) mass is 370 g/mol. The van der Waals surface area contributed by atoms with E-state index in [2.05, 4.69) is 20.9 Å². The Bertz CT molecular complexity index is 852. The number of nitrogens with zero attached hydrogens (tertiary/aromatic N) is 1. The molecule has 7 heteroatoms. The molecule has 3 rings (SSSR count). The van der Waals surface area contributed by atoms with E-state index in [4.69, 9.17) is 11.6 Å². The van der Waals surface area contributed by atoms with Gasteiger partial charge in [-0.15, -0.1) is 0 Å². The molecule has 3 N–H and O–H groups in total. The van der Waals surface area contributed by atoms with Crippen LogP contribution in [0.15, 0.2) is 60.1 Å². The summed E-state index contributed by atoms with van der Waals surface area (Å²) >= 11 is 6.07. The molecule has 0 radical (unpaired) electrons. The fraction of sp³-hybridized carbons (Fsp3) is 0.211. The van der Waals surface area contributed by atoms with Crippen molar-refractivity contribution in [3.05, 3.63) is 76.2 Å². The van der Waals surface area contributed by atoms with Crippen molar-refractivity contribution in [1.82, 2.24) is 20.9 Å². The fourth-order valence-corrected chi connectivity index (χ4v) is 3.09. The summed E-state index contributed by atoms with van der Waals surface area (Å²) in [7, 11) is 0. The molecule has 26 heavy (non-hydrogen) atoms. The third-order valence-electron chi connectivity index (χ3n) is 4.14. The standard InChI is InChI=1S/C19H19ClN4O2/c1-12-16(18(25)22-10-7-13-5-8-21-9-6-13)17(24-19(26)23-12)14-3-2-4-15(20)11-14/h2-6,8-9,11,17H,7,10H2,1H3,(H,22,25)(H2,23,24,26). The topological polar surface area (TPSA) is 83.1 Å². The average molecular weight is 371 g/mol. The smallest absolute Gasteiger partial charge is 0.319 e. The van der Waals surface area contributed by atoms with Crippen LogP contribution in [0.4, 0.5) is 4.79 Å². The number of carbonyl (C=O) groups is 2. The van der Waals surface area contributed by atoms with Crippen LogP contribution in [0.3, 0.4) is 0 Å². The molecule has 3 amide bonds. The van der Waals surface area contributed by atoms with Crippen LogP contribution >= 0.6 is 11.6 Å². The molecule has 0 bridgehead atoms. The first-order valence-corrected chi connectivity index (χ1v) is 8.63. The molecule has 0 saturated heterocycles. The van der Waals surface area contributed by atoms with Crippen LogP contribution in [0.5, 0.6) is 0 Å². The minimum atomic E-state index is -0.552. The second-order valence-corrected chi connectivity index (χ2v) is 6.42. The summed E-state index contributed by atoms with van der Waals surface area (Å²) < 4.78 is 0. The summed E-state index contributed by atoms with van der Waals surface area (Å²) in [5.41, 5.74) is 2.85. The van der Waals surface area contributed by atoms with Gasteiger partial charge in [0.25, 0.3) is 5.91 Å². The summed E-state index contributed by atoms with van der Waals surface area (Å²) in [6.45, 7) is 2.20. The largest absolute Gasteiger partial charge is 0.352 e. The minimum absolute atomic E-state index is 0.228. The third kappa shape index (κ3) is 4.21. The van der Waals surface area contributed by atoms with Gasteiger partial charge in [0.2, 0.25) is 0 Å². The van der Waals surface area contributed by atoms with Gasteiger partial charge in [0, 0.05) is 29.7 Å². The Morgan fingerprint density at radius 1 is 1.27 bits per heavy atom. The van der Waals surface area contributed by atoms with Crippen molar-refractivity contribution >= 4 is 23.5 Å². The molecule has 0 saturated carbocycles. The number of urea groups is 1. The number of amides is 3. The summed E-state index contributed by atoms with van der Waals surface area (Å²) in [6, 6.07) is 10.0. The molecule has 0 aliphatic carbocycles. The first-order chi connectivity index (χ1) is 12.5. The van der Waals surface area contributed by atoms with Gasteiger partial charge >= 0.3 is 6.03 Å². The van der Waals surface area contributed by atoms with E-state index in [1.165, 1.54) is 0 Å². The maximum atomic E-state index is 12.8. The van der Waals surface area contributed by atoms with Gasteiger partial charge in [-0.2, -0.15) is 0 Å². The van der Waals surface area contributed by atoms with E-state index in [1.54, 1.807) is 37.5 Å². The second kappa shape index (κ2) is 8.01. The lowest BCUT2D eigenvalue weighted by Gasteiger charge is -2.28. The molecule has 2 aromatic rings. The van der Waals surface area contributed by atoms with Gasteiger partial charge in [-0.25, -0.2) is 4.79 Å². The molecule has 1 aliphatic heterocycles. The first kappa shape index (κ1) is 17.9. The third-order valence-corrected chi connectivity index (χ3v) is 4.38. The lowest BCUT2D eigenvalue weighted by molar-refractivity contribution is -0.117. The number of allylic oxidation sites excluding steroid dienone is 1. The number of pyridine rings is 1. The number of aromatic nitrogens is 1. The quantitative estimate of drug-likeness (QED) is 0.756. The number of hydrogen-bond donors (Lipinski definition) is 3.